The van der Waals surface area contributed by atoms with Crippen molar-refractivity contribution < 1.29 is 28.2 Å². The Bertz CT molecular complexity index is 1240. The van der Waals surface area contributed by atoms with E-state index < -0.39 is 11.9 Å². The van der Waals surface area contributed by atoms with Gasteiger partial charge in [0, 0.05) is 16.7 Å². The number of esters is 2. The Morgan fingerprint density at radius 2 is 1.41 bits per heavy atom. The van der Waals surface area contributed by atoms with Crippen LogP contribution in [0, 0.1) is 0 Å². The van der Waals surface area contributed by atoms with Crippen molar-refractivity contribution in [2.24, 2.45) is 0 Å². The number of hydrogen-bond acceptors (Lipinski definition) is 6. The summed E-state index contributed by atoms with van der Waals surface area (Å²) in [5.74, 6) is 1.45. The first-order valence-electron chi connectivity index (χ1n) is 10.4. The molecule has 0 atom stereocenters. The fourth-order valence-corrected chi connectivity index (χ4v) is 2.61. The van der Waals surface area contributed by atoms with Gasteiger partial charge < -0.3 is 18.6 Å². The number of carbonyl (C=O) groups is 2. The maximum atomic E-state index is 11.6. The van der Waals surface area contributed by atoms with Gasteiger partial charge in [-0.1, -0.05) is 31.4 Å². The van der Waals surface area contributed by atoms with Crippen molar-refractivity contribution >= 4 is 24.1 Å². The molecule has 6 nitrogen and oxygen atoms in total. The molecule has 3 aromatic rings. The van der Waals surface area contributed by atoms with Gasteiger partial charge in [0.1, 0.15) is 35.5 Å². The quantitative estimate of drug-likeness (QED) is 0.157. The Labute approximate surface area is 198 Å². The van der Waals surface area contributed by atoms with Gasteiger partial charge >= 0.3 is 11.9 Å². The molecule has 0 saturated heterocycles. The van der Waals surface area contributed by atoms with Crippen LogP contribution in [0.25, 0.3) is 23.5 Å². The molecule has 0 fully saturated rings. The lowest BCUT2D eigenvalue weighted by Gasteiger charge is -2.04. The van der Waals surface area contributed by atoms with Crippen molar-refractivity contribution in [1.29, 1.82) is 0 Å². The van der Waals surface area contributed by atoms with Gasteiger partial charge in [0.15, 0.2) is 0 Å². The van der Waals surface area contributed by atoms with Gasteiger partial charge in [0.05, 0.1) is 0 Å². The van der Waals surface area contributed by atoms with Crippen LogP contribution in [0.3, 0.4) is 0 Å². The van der Waals surface area contributed by atoms with Crippen molar-refractivity contribution in [3.8, 4) is 22.8 Å². The van der Waals surface area contributed by atoms with Gasteiger partial charge in [-0.25, -0.2) is 9.59 Å². The molecule has 0 spiro atoms. The first kappa shape index (κ1) is 24.1. The van der Waals surface area contributed by atoms with Crippen LogP contribution in [0.1, 0.15) is 25.2 Å². The largest absolute Gasteiger partial charge is 0.462 e. The normalized spacial score (nSPS) is 10.9. The van der Waals surface area contributed by atoms with Gasteiger partial charge in [0.25, 0.3) is 0 Å². The molecule has 6 heteroatoms. The van der Waals surface area contributed by atoms with E-state index in [1.54, 1.807) is 38.1 Å². The standard InChI is InChI=1S/C28H24O6/c1-19(2)27(29)32-18-17-31-23-10-5-21(6-11-23)7-12-24-15-16-26(33-24)22-8-13-25(14-9-22)34-28(30)20(3)4/h5-18H,1,3H2,2,4H3/b12-7+,18-17-. The van der Waals surface area contributed by atoms with Gasteiger partial charge in [-0.2, -0.15) is 0 Å². The first-order valence-corrected chi connectivity index (χ1v) is 10.4. The number of carbonyl (C=O) groups excluding carboxylic acids is 2. The molecular weight excluding hydrogens is 432 g/mol. The summed E-state index contributed by atoms with van der Waals surface area (Å²) in [5, 5.41) is 0. The second-order valence-corrected chi connectivity index (χ2v) is 7.37. The summed E-state index contributed by atoms with van der Waals surface area (Å²) in [6, 6.07) is 18.1. The smallest absolute Gasteiger partial charge is 0.338 e. The average Bonchev–Trinajstić information content (AvgIpc) is 3.30. The van der Waals surface area contributed by atoms with E-state index in [2.05, 4.69) is 13.2 Å². The molecule has 0 aliphatic rings. The average molecular weight is 456 g/mol. The highest BCUT2D eigenvalue weighted by molar-refractivity contribution is 5.89. The van der Waals surface area contributed by atoms with E-state index in [4.69, 9.17) is 18.6 Å². The molecule has 172 valence electrons. The molecule has 0 amide bonds. The van der Waals surface area contributed by atoms with Gasteiger partial charge in [-0.3, -0.25) is 0 Å². The maximum absolute atomic E-state index is 11.6. The van der Waals surface area contributed by atoms with E-state index in [-0.39, 0.29) is 0 Å². The van der Waals surface area contributed by atoms with Gasteiger partial charge in [-0.05, 0) is 74.0 Å². The van der Waals surface area contributed by atoms with Crippen LogP contribution in [0.2, 0.25) is 0 Å². The van der Waals surface area contributed by atoms with Crippen LogP contribution < -0.4 is 9.47 Å². The minimum atomic E-state index is -0.512. The molecule has 0 aliphatic heterocycles. The van der Waals surface area contributed by atoms with E-state index in [9.17, 15) is 9.59 Å². The molecule has 1 aromatic heterocycles. The van der Waals surface area contributed by atoms with E-state index in [1.807, 2.05) is 48.6 Å². The molecule has 0 N–H and O–H groups in total. The monoisotopic (exact) mass is 456 g/mol. The molecule has 1 heterocycles. The summed E-state index contributed by atoms with van der Waals surface area (Å²) >= 11 is 0. The van der Waals surface area contributed by atoms with Crippen LogP contribution in [0.15, 0.2) is 102 Å². The Morgan fingerprint density at radius 1 is 0.765 bits per heavy atom. The molecule has 0 aliphatic carbocycles. The number of hydrogen-bond donors (Lipinski definition) is 0. The van der Waals surface area contributed by atoms with Gasteiger partial charge in [-0.15, -0.1) is 0 Å². The molecule has 0 bridgehead atoms. The van der Waals surface area contributed by atoms with Crippen molar-refractivity contribution in [3.63, 3.8) is 0 Å². The fourth-order valence-electron chi connectivity index (χ4n) is 2.61. The van der Waals surface area contributed by atoms with E-state index in [1.165, 1.54) is 12.5 Å². The predicted molar refractivity (Wildman–Crippen MR) is 131 cm³/mol. The zero-order valence-electron chi connectivity index (χ0n) is 18.9. The van der Waals surface area contributed by atoms with E-state index >= 15 is 0 Å². The molecule has 3 rings (SSSR count). The Balaban J connectivity index is 1.56. The van der Waals surface area contributed by atoms with Gasteiger partial charge in [0.2, 0.25) is 0 Å². The zero-order chi connectivity index (χ0) is 24.5. The second-order valence-electron chi connectivity index (χ2n) is 7.37. The molecule has 0 saturated carbocycles. The lowest BCUT2D eigenvalue weighted by molar-refractivity contribution is -0.133. The summed E-state index contributed by atoms with van der Waals surface area (Å²) in [4.78, 5) is 22.9. The molecular formula is C28H24O6. The summed E-state index contributed by atoms with van der Waals surface area (Å²) in [7, 11) is 0. The third-order valence-corrected chi connectivity index (χ3v) is 4.43. The lowest BCUT2D eigenvalue weighted by Crippen LogP contribution is -2.07. The summed E-state index contributed by atoms with van der Waals surface area (Å²) < 4.78 is 21.3. The SMILES string of the molecule is C=C(C)C(=O)O/C=C\Oc1ccc(/C=C/c2ccc(-c3ccc(OC(=O)C(=C)C)cc3)o2)cc1. The van der Waals surface area contributed by atoms with Crippen molar-refractivity contribution in [2.45, 2.75) is 13.8 Å². The highest BCUT2D eigenvalue weighted by Gasteiger charge is 2.07. The van der Waals surface area contributed by atoms with E-state index in [0.717, 1.165) is 11.1 Å². The lowest BCUT2D eigenvalue weighted by atomic mass is 10.1. The zero-order valence-corrected chi connectivity index (χ0v) is 18.9. The van der Waals surface area contributed by atoms with Crippen LogP contribution in [-0.4, -0.2) is 11.9 Å². The van der Waals surface area contributed by atoms with Crippen LogP contribution >= 0.6 is 0 Å². The predicted octanol–water partition coefficient (Wildman–Crippen LogP) is 6.57. The Hall–Kier alpha value is -4.58. The number of benzene rings is 2. The topological polar surface area (TPSA) is 75.0 Å². The number of rotatable bonds is 9. The molecule has 0 radical (unpaired) electrons. The van der Waals surface area contributed by atoms with E-state index in [0.29, 0.717) is 34.2 Å². The Kier molecular flexibility index (Phi) is 8.02. The molecule has 2 aromatic carbocycles. The first-order chi connectivity index (χ1) is 16.3. The van der Waals surface area contributed by atoms with Crippen molar-refractivity contribution in [1.82, 2.24) is 0 Å². The minimum absolute atomic E-state index is 0.309. The summed E-state index contributed by atoms with van der Waals surface area (Å²) in [5.41, 5.74) is 2.46. The summed E-state index contributed by atoms with van der Waals surface area (Å²) in [6.07, 6.45) is 6.23. The number of ether oxygens (including phenoxy) is 3. The fraction of sp³-hybridized carbons (Fsp3) is 0.0714. The number of furan rings is 1. The van der Waals surface area contributed by atoms with Crippen LogP contribution in [0.5, 0.6) is 11.5 Å². The van der Waals surface area contributed by atoms with Crippen molar-refractivity contribution in [3.05, 3.63) is 109 Å². The minimum Gasteiger partial charge on any atom is -0.462 e. The Morgan fingerprint density at radius 3 is 2.06 bits per heavy atom. The second kappa shape index (κ2) is 11.3. The van der Waals surface area contributed by atoms with Crippen LogP contribution in [-0.2, 0) is 14.3 Å². The third kappa shape index (κ3) is 6.97. The maximum Gasteiger partial charge on any atom is 0.338 e. The third-order valence-electron chi connectivity index (χ3n) is 4.43. The van der Waals surface area contributed by atoms with Crippen LogP contribution in [0.4, 0.5) is 0 Å². The molecule has 34 heavy (non-hydrogen) atoms. The summed E-state index contributed by atoms with van der Waals surface area (Å²) in [6.45, 7) is 10.2. The molecule has 0 unspecified atom stereocenters. The van der Waals surface area contributed by atoms with Crippen molar-refractivity contribution in [2.75, 3.05) is 0 Å². The highest BCUT2D eigenvalue weighted by Crippen LogP contribution is 2.26. The highest BCUT2D eigenvalue weighted by atomic mass is 16.5.